The average molecular weight is 269 g/mol. The molecule has 0 aliphatic carbocycles. The number of hydrogen-bond donors (Lipinski definition) is 1. The third kappa shape index (κ3) is 3.28. The minimum absolute atomic E-state index is 0.489. The van der Waals surface area contributed by atoms with E-state index in [2.05, 4.69) is 20.3 Å². The van der Waals surface area contributed by atoms with Crippen LogP contribution < -0.4 is 5.32 Å². The van der Waals surface area contributed by atoms with Crippen LogP contribution in [0.1, 0.15) is 11.5 Å². The van der Waals surface area contributed by atoms with Crippen LogP contribution in [0.5, 0.6) is 0 Å². The summed E-state index contributed by atoms with van der Waals surface area (Å²) in [5, 5.41) is 4.09. The zero-order valence-corrected chi connectivity index (χ0v) is 10.6. The van der Waals surface area contributed by atoms with Crippen LogP contribution >= 0.6 is 23.2 Å². The highest BCUT2D eigenvalue weighted by atomic mass is 35.5. The van der Waals surface area contributed by atoms with Gasteiger partial charge in [-0.15, -0.1) is 0 Å². The van der Waals surface area contributed by atoms with Crippen molar-refractivity contribution in [3.63, 3.8) is 0 Å². The molecule has 2 aromatic heterocycles. The summed E-state index contributed by atoms with van der Waals surface area (Å²) < 4.78 is 0. The third-order valence-electron chi connectivity index (χ3n) is 2.08. The Balaban J connectivity index is 2.07. The molecule has 0 unspecified atom stereocenters. The minimum Gasteiger partial charge on any atom is -0.363 e. The van der Waals surface area contributed by atoms with Crippen molar-refractivity contribution < 1.29 is 0 Å². The predicted molar refractivity (Wildman–Crippen MR) is 68.4 cm³/mol. The van der Waals surface area contributed by atoms with E-state index in [1.807, 2.05) is 13.0 Å². The highest BCUT2D eigenvalue weighted by Crippen LogP contribution is 2.22. The van der Waals surface area contributed by atoms with Crippen LogP contribution in [0.4, 0.5) is 5.82 Å². The average Bonchev–Trinajstić information content (AvgIpc) is 2.28. The Morgan fingerprint density at radius 2 is 2.12 bits per heavy atom. The lowest BCUT2D eigenvalue weighted by Crippen LogP contribution is -2.04. The number of halogens is 2. The van der Waals surface area contributed by atoms with Crippen molar-refractivity contribution in [3.05, 3.63) is 46.1 Å². The molecular formula is C11H10Cl2N4. The highest BCUT2D eigenvalue weighted by Gasteiger charge is 2.03. The number of anilines is 1. The van der Waals surface area contributed by atoms with E-state index in [0.717, 1.165) is 11.5 Å². The quantitative estimate of drug-likeness (QED) is 0.930. The second-order valence-corrected chi connectivity index (χ2v) is 4.28. The Morgan fingerprint density at radius 1 is 1.29 bits per heavy atom. The van der Waals surface area contributed by atoms with Gasteiger partial charge in [-0.2, -0.15) is 0 Å². The van der Waals surface area contributed by atoms with Gasteiger partial charge in [0.05, 0.1) is 22.3 Å². The number of rotatable bonds is 3. The van der Waals surface area contributed by atoms with Crippen molar-refractivity contribution in [1.82, 2.24) is 15.0 Å². The molecular weight excluding hydrogens is 259 g/mol. The van der Waals surface area contributed by atoms with E-state index in [1.165, 1.54) is 0 Å². The first kappa shape index (κ1) is 12.1. The second-order valence-electron chi connectivity index (χ2n) is 3.43. The molecule has 4 nitrogen and oxygen atoms in total. The summed E-state index contributed by atoms with van der Waals surface area (Å²) in [6, 6.07) is 3.48. The van der Waals surface area contributed by atoms with E-state index in [-0.39, 0.29) is 0 Å². The maximum Gasteiger partial charge on any atom is 0.145 e. The SMILES string of the molecule is Cc1nccc(CNc2ncc(Cl)cc2Cl)n1. The normalized spacial score (nSPS) is 10.3. The van der Waals surface area contributed by atoms with Gasteiger partial charge < -0.3 is 5.32 Å². The largest absolute Gasteiger partial charge is 0.363 e. The van der Waals surface area contributed by atoms with Crippen molar-refractivity contribution >= 4 is 29.0 Å². The van der Waals surface area contributed by atoms with Gasteiger partial charge in [0, 0.05) is 12.4 Å². The van der Waals surface area contributed by atoms with Crippen LogP contribution in [0.3, 0.4) is 0 Å². The molecule has 0 spiro atoms. The summed E-state index contributed by atoms with van der Waals surface area (Å²) in [5.41, 5.74) is 0.880. The van der Waals surface area contributed by atoms with Gasteiger partial charge in [-0.25, -0.2) is 15.0 Å². The lowest BCUT2D eigenvalue weighted by Gasteiger charge is -2.07. The summed E-state index contributed by atoms with van der Waals surface area (Å²) in [6.45, 7) is 2.38. The molecule has 0 saturated carbocycles. The van der Waals surface area contributed by atoms with Gasteiger partial charge >= 0.3 is 0 Å². The van der Waals surface area contributed by atoms with Crippen LogP contribution in [0.15, 0.2) is 24.5 Å². The zero-order chi connectivity index (χ0) is 12.3. The number of nitrogens with zero attached hydrogens (tertiary/aromatic N) is 3. The molecule has 2 aromatic rings. The molecule has 0 aliphatic heterocycles. The first-order valence-electron chi connectivity index (χ1n) is 4.98. The lowest BCUT2D eigenvalue weighted by atomic mass is 10.4. The fourth-order valence-electron chi connectivity index (χ4n) is 1.32. The summed E-state index contributed by atoms with van der Waals surface area (Å²) in [5.74, 6) is 1.33. The first-order chi connectivity index (χ1) is 8.15. The molecule has 0 radical (unpaired) electrons. The topological polar surface area (TPSA) is 50.7 Å². The van der Waals surface area contributed by atoms with Gasteiger partial charge in [0.1, 0.15) is 11.6 Å². The molecule has 0 amide bonds. The fourth-order valence-corrected chi connectivity index (χ4v) is 1.77. The van der Waals surface area contributed by atoms with E-state index in [1.54, 1.807) is 18.5 Å². The standard InChI is InChI=1S/C11H10Cl2N4/c1-7-14-3-2-9(17-7)6-16-11-10(13)4-8(12)5-15-11/h2-5H,6H2,1H3,(H,15,16). The van der Waals surface area contributed by atoms with E-state index in [0.29, 0.717) is 22.4 Å². The molecule has 0 aromatic carbocycles. The highest BCUT2D eigenvalue weighted by molar-refractivity contribution is 6.35. The van der Waals surface area contributed by atoms with Gasteiger partial charge in [-0.3, -0.25) is 0 Å². The van der Waals surface area contributed by atoms with Crippen LogP contribution in [-0.2, 0) is 6.54 Å². The van der Waals surface area contributed by atoms with E-state index in [4.69, 9.17) is 23.2 Å². The van der Waals surface area contributed by atoms with E-state index >= 15 is 0 Å². The van der Waals surface area contributed by atoms with E-state index < -0.39 is 0 Å². The van der Waals surface area contributed by atoms with Crippen molar-refractivity contribution in [2.75, 3.05) is 5.32 Å². The predicted octanol–water partition coefficient (Wildman–Crippen LogP) is 3.10. The maximum atomic E-state index is 5.98. The Bertz CT molecular complexity index is 531. The Hall–Kier alpha value is -1.39. The number of hydrogen-bond acceptors (Lipinski definition) is 4. The van der Waals surface area contributed by atoms with Gasteiger partial charge in [0.15, 0.2) is 0 Å². The maximum absolute atomic E-state index is 5.98. The number of aromatic nitrogens is 3. The summed E-state index contributed by atoms with van der Waals surface area (Å²) >= 11 is 11.7. The molecule has 0 aliphatic rings. The molecule has 6 heteroatoms. The molecule has 2 heterocycles. The fraction of sp³-hybridized carbons (Fsp3) is 0.182. The number of nitrogens with one attached hydrogen (secondary N) is 1. The molecule has 0 atom stereocenters. The summed E-state index contributed by atoms with van der Waals surface area (Å²) in [6.07, 6.45) is 3.26. The van der Waals surface area contributed by atoms with Crippen LogP contribution in [-0.4, -0.2) is 15.0 Å². The summed E-state index contributed by atoms with van der Waals surface area (Å²) in [7, 11) is 0. The van der Waals surface area contributed by atoms with Crippen molar-refractivity contribution in [2.24, 2.45) is 0 Å². The minimum atomic E-state index is 0.489. The smallest absolute Gasteiger partial charge is 0.145 e. The van der Waals surface area contributed by atoms with Gasteiger partial charge in [0.2, 0.25) is 0 Å². The van der Waals surface area contributed by atoms with Gasteiger partial charge in [-0.1, -0.05) is 23.2 Å². The van der Waals surface area contributed by atoms with Crippen molar-refractivity contribution in [1.29, 1.82) is 0 Å². The van der Waals surface area contributed by atoms with Crippen LogP contribution in [0, 0.1) is 6.92 Å². The van der Waals surface area contributed by atoms with E-state index in [9.17, 15) is 0 Å². The second kappa shape index (κ2) is 5.29. The van der Waals surface area contributed by atoms with Gasteiger partial charge in [0.25, 0.3) is 0 Å². The lowest BCUT2D eigenvalue weighted by molar-refractivity contribution is 0.950. The Kier molecular flexibility index (Phi) is 3.76. The van der Waals surface area contributed by atoms with Crippen molar-refractivity contribution in [3.8, 4) is 0 Å². The molecule has 88 valence electrons. The van der Waals surface area contributed by atoms with Crippen molar-refractivity contribution in [2.45, 2.75) is 13.5 Å². The van der Waals surface area contributed by atoms with Crippen LogP contribution in [0.2, 0.25) is 10.0 Å². The molecule has 0 saturated heterocycles. The Labute approximate surface area is 109 Å². The monoisotopic (exact) mass is 268 g/mol. The Morgan fingerprint density at radius 3 is 2.82 bits per heavy atom. The zero-order valence-electron chi connectivity index (χ0n) is 9.11. The first-order valence-corrected chi connectivity index (χ1v) is 5.74. The van der Waals surface area contributed by atoms with Gasteiger partial charge in [-0.05, 0) is 19.1 Å². The molecule has 2 rings (SSSR count). The summed E-state index contributed by atoms with van der Waals surface area (Å²) in [4.78, 5) is 12.4. The van der Waals surface area contributed by atoms with Crippen LogP contribution in [0.25, 0.3) is 0 Å². The molecule has 1 N–H and O–H groups in total. The number of pyridine rings is 1. The molecule has 0 bridgehead atoms. The third-order valence-corrected chi connectivity index (χ3v) is 2.57. The molecule has 17 heavy (non-hydrogen) atoms. The number of aryl methyl sites for hydroxylation is 1. The molecule has 0 fully saturated rings.